The molecule has 4 nitrogen and oxygen atoms in total. The lowest BCUT2D eigenvalue weighted by atomic mass is 10.0. The van der Waals surface area contributed by atoms with E-state index >= 15 is 0 Å². The molecule has 2 heterocycles. The highest BCUT2D eigenvalue weighted by Gasteiger charge is 2.36. The van der Waals surface area contributed by atoms with Gasteiger partial charge in [-0.15, -0.1) is 0 Å². The van der Waals surface area contributed by atoms with Crippen molar-refractivity contribution in [3.05, 3.63) is 60.1 Å². The van der Waals surface area contributed by atoms with Gasteiger partial charge in [0.05, 0.1) is 6.26 Å². The average Bonchev–Trinajstić information content (AvgIpc) is 3.11. The molecule has 0 bridgehead atoms. The molecule has 0 aliphatic carbocycles. The zero-order chi connectivity index (χ0) is 13.9. The Balaban J connectivity index is 1.97. The van der Waals surface area contributed by atoms with E-state index in [2.05, 4.69) is 0 Å². The van der Waals surface area contributed by atoms with Gasteiger partial charge < -0.3 is 15.1 Å². The van der Waals surface area contributed by atoms with Gasteiger partial charge in [0.1, 0.15) is 11.8 Å². The molecule has 2 atom stereocenters. The van der Waals surface area contributed by atoms with Crippen molar-refractivity contribution in [1.82, 2.24) is 4.90 Å². The molecule has 20 heavy (non-hydrogen) atoms. The summed E-state index contributed by atoms with van der Waals surface area (Å²) in [5.41, 5.74) is 6.78. The molecule has 1 aromatic carbocycles. The van der Waals surface area contributed by atoms with Gasteiger partial charge in [-0.25, -0.2) is 0 Å². The Kier molecular flexibility index (Phi) is 3.56. The number of hydrogen-bond donors (Lipinski definition) is 1. The van der Waals surface area contributed by atoms with E-state index in [1.165, 1.54) is 0 Å². The van der Waals surface area contributed by atoms with Crippen molar-refractivity contribution in [2.45, 2.75) is 12.5 Å². The van der Waals surface area contributed by atoms with E-state index in [0.717, 1.165) is 11.3 Å². The van der Waals surface area contributed by atoms with Crippen LogP contribution in [0.4, 0.5) is 0 Å². The Morgan fingerprint density at radius 3 is 2.65 bits per heavy atom. The van der Waals surface area contributed by atoms with Gasteiger partial charge in [-0.3, -0.25) is 4.79 Å². The summed E-state index contributed by atoms with van der Waals surface area (Å²) in [4.78, 5) is 14.2. The number of carbonyl (C=O) groups is 1. The van der Waals surface area contributed by atoms with Crippen LogP contribution in [-0.4, -0.2) is 23.9 Å². The van der Waals surface area contributed by atoms with Crippen molar-refractivity contribution < 1.29 is 9.21 Å². The molecule has 1 aromatic heterocycles. The highest BCUT2D eigenvalue weighted by atomic mass is 16.3. The Labute approximate surface area is 118 Å². The predicted molar refractivity (Wildman–Crippen MR) is 75.9 cm³/mol. The summed E-state index contributed by atoms with van der Waals surface area (Å²) in [6.07, 6.45) is 2.17. The number of carbonyl (C=O) groups excluding carboxylic acids is 1. The minimum atomic E-state index is -0.157. The van der Waals surface area contributed by atoms with Crippen LogP contribution in [0.2, 0.25) is 0 Å². The minimum Gasteiger partial charge on any atom is -0.467 e. The molecular weight excluding hydrogens is 252 g/mol. The quantitative estimate of drug-likeness (QED) is 0.926. The van der Waals surface area contributed by atoms with Crippen molar-refractivity contribution in [3.63, 3.8) is 0 Å². The Bertz CT molecular complexity index is 565. The van der Waals surface area contributed by atoms with Crippen LogP contribution >= 0.6 is 0 Å². The number of furan rings is 1. The lowest BCUT2D eigenvalue weighted by molar-refractivity contribution is -0.129. The number of rotatable bonds is 4. The van der Waals surface area contributed by atoms with Crippen LogP contribution in [0.3, 0.4) is 0 Å². The zero-order valence-electron chi connectivity index (χ0n) is 11.2. The Morgan fingerprint density at radius 2 is 2.05 bits per heavy atom. The predicted octanol–water partition coefficient (Wildman–Crippen LogP) is 2.18. The first-order chi connectivity index (χ1) is 9.79. The van der Waals surface area contributed by atoms with E-state index in [1.54, 1.807) is 6.26 Å². The van der Waals surface area contributed by atoms with Crippen LogP contribution in [0.25, 0.3) is 0 Å². The molecule has 0 spiro atoms. The van der Waals surface area contributed by atoms with Gasteiger partial charge in [-0.05, 0) is 30.2 Å². The third-order valence-electron chi connectivity index (χ3n) is 3.81. The fraction of sp³-hybridized carbons (Fsp3) is 0.312. The van der Waals surface area contributed by atoms with E-state index in [9.17, 15) is 4.79 Å². The van der Waals surface area contributed by atoms with Crippen LogP contribution in [0.5, 0.6) is 0 Å². The summed E-state index contributed by atoms with van der Waals surface area (Å²) in [7, 11) is 0. The van der Waals surface area contributed by atoms with Gasteiger partial charge in [0.15, 0.2) is 0 Å². The molecule has 2 aromatic rings. The van der Waals surface area contributed by atoms with Gasteiger partial charge >= 0.3 is 0 Å². The maximum atomic E-state index is 12.3. The summed E-state index contributed by atoms with van der Waals surface area (Å²) in [6, 6.07) is 13.6. The number of hydrogen-bond acceptors (Lipinski definition) is 3. The van der Waals surface area contributed by atoms with Gasteiger partial charge in [0.25, 0.3) is 0 Å². The molecule has 2 unspecified atom stereocenters. The largest absolute Gasteiger partial charge is 0.467 e. The SMILES string of the molecule is NCC1CC(=O)N(C(c2ccccc2)c2ccco2)C1. The molecule has 3 rings (SSSR count). The lowest BCUT2D eigenvalue weighted by Gasteiger charge is -2.27. The van der Waals surface area contributed by atoms with Gasteiger partial charge in [0, 0.05) is 13.0 Å². The van der Waals surface area contributed by atoms with Crippen molar-refractivity contribution in [1.29, 1.82) is 0 Å². The van der Waals surface area contributed by atoms with Gasteiger partial charge in [-0.1, -0.05) is 30.3 Å². The molecule has 1 saturated heterocycles. The van der Waals surface area contributed by atoms with Crippen LogP contribution in [-0.2, 0) is 4.79 Å². The van der Waals surface area contributed by atoms with Crippen LogP contribution in [0.1, 0.15) is 23.8 Å². The number of benzene rings is 1. The van der Waals surface area contributed by atoms with Gasteiger partial charge in [-0.2, -0.15) is 0 Å². The highest BCUT2D eigenvalue weighted by Crippen LogP contribution is 2.33. The molecule has 4 heteroatoms. The van der Waals surface area contributed by atoms with Crippen LogP contribution in [0, 0.1) is 5.92 Å². The monoisotopic (exact) mass is 270 g/mol. The molecule has 1 amide bonds. The highest BCUT2D eigenvalue weighted by molar-refractivity contribution is 5.79. The number of nitrogens with zero attached hydrogens (tertiary/aromatic N) is 1. The fourth-order valence-corrected chi connectivity index (χ4v) is 2.80. The number of amides is 1. The van der Waals surface area contributed by atoms with Crippen molar-refractivity contribution >= 4 is 5.91 Å². The first-order valence-electron chi connectivity index (χ1n) is 6.87. The van der Waals surface area contributed by atoms with Gasteiger partial charge in [0.2, 0.25) is 5.91 Å². The first-order valence-corrected chi connectivity index (χ1v) is 6.87. The lowest BCUT2D eigenvalue weighted by Crippen LogP contribution is -2.31. The summed E-state index contributed by atoms with van der Waals surface area (Å²) in [5, 5.41) is 0. The van der Waals surface area contributed by atoms with Crippen LogP contribution < -0.4 is 5.73 Å². The third kappa shape index (κ3) is 2.34. The summed E-state index contributed by atoms with van der Waals surface area (Å²) in [5.74, 6) is 1.18. The van der Waals surface area contributed by atoms with Crippen LogP contribution in [0.15, 0.2) is 53.1 Å². The second-order valence-corrected chi connectivity index (χ2v) is 5.18. The standard InChI is InChI=1S/C16H18N2O2/c17-10-12-9-15(19)18(11-12)16(14-7-4-8-20-14)13-5-2-1-3-6-13/h1-8,12,16H,9-11,17H2. The van der Waals surface area contributed by atoms with E-state index in [0.29, 0.717) is 19.5 Å². The molecule has 1 aliphatic heterocycles. The normalized spacial score (nSPS) is 20.4. The van der Waals surface area contributed by atoms with E-state index in [1.807, 2.05) is 47.4 Å². The van der Waals surface area contributed by atoms with Crippen molar-refractivity contribution in [3.8, 4) is 0 Å². The molecule has 1 aliphatic rings. The Morgan fingerprint density at radius 1 is 1.25 bits per heavy atom. The molecule has 0 saturated carbocycles. The third-order valence-corrected chi connectivity index (χ3v) is 3.81. The van der Waals surface area contributed by atoms with E-state index < -0.39 is 0 Å². The number of nitrogens with two attached hydrogens (primary N) is 1. The fourth-order valence-electron chi connectivity index (χ4n) is 2.80. The second-order valence-electron chi connectivity index (χ2n) is 5.18. The van der Waals surface area contributed by atoms with Crippen molar-refractivity contribution in [2.24, 2.45) is 11.7 Å². The maximum Gasteiger partial charge on any atom is 0.223 e. The summed E-state index contributed by atoms with van der Waals surface area (Å²) in [6.45, 7) is 1.23. The molecule has 1 fully saturated rings. The molecular formula is C16H18N2O2. The first kappa shape index (κ1) is 12.9. The molecule has 104 valence electrons. The summed E-state index contributed by atoms with van der Waals surface area (Å²) < 4.78 is 5.55. The zero-order valence-corrected chi connectivity index (χ0v) is 11.2. The molecule has 2 N–H and O–H groups in total. The van der Waals surface area contributed by atoms with E-state index in [4.69, 9.17) is 10.2 Å². The van der Waals surface area contributed by atoms with E-state index in [-0.39, 0.29) is 17.9 Å². The Hall–Kier alpha value is -2.07. The smallest absolute Gasteiger partial charge is 0.223 e. The number of likely N-dealkylation sites (tertiary alicyclic amines) is 1. The second kappa shape index (κ2) is 5.51. The summed E-state index contributed by atoms with van der Waals surface area (Å²) >= 11 is 0. The minimum absolute atomic E-state index is 0.144. The molecule has 0 radical (unpaired) electrons. The topological polar surface area (TPSA) is 59.5 Å². The van der Waals surface area contributed by atoms with Crippen molar-refractivity contribution in [2.75, 3.05) is 13.1 Å². The average molecular weight is 270 g/mol. The maximum absolute atomic E-state index is 12.3.